The monoisotopic (exact) mass is 203 g/mol. The molecule has 0 fully saturated rings. The predicted molar refractivity (Wildman–Crippen MR) is 66.7 cm³/mol. The zero-order valence-electron chi connectivity index (χ0n) is 9.53. The fourth-order valence-corrected chi connectivity index (χ4v) is 1.72. The molecule has 2 N–H and O–H groups in total. The summed E-state index contributed by atoms with van der Waals surface area (Å²) < 4.78 is 0. The first kappa shape index (κ1) is 11.8. The lowest BCUT2D eigenvalue weighted by Gasteiger charge is -2.22. The Morgan fingerprint density at radius 1 is 1.33 bits per heavy atom. The maximum atomic E-state index is 5.68. The highest BCUT2D eigenvalue weighted by Crippen LogP contribution is 2.20. The number of hydrogen-bond acceptors (Lipinski definition) is 2. The summed E-state index contributed by atoms with van der Waals surface area (Å²) in [7, 11) is 0. The van der Waals surface area contributed by atoms with Crippen LogP contribution in [0, 0.1) is 6.58 Å². The molecule has 0 saturated heterocycles. The van der Waals surface area contributed by atoms with Crippen molar-refractivity contribution in [2.75, 3.05) is 18.0 Å². The number of nitrogens with zero attached hydrogens (tertiary/aromatic N) is 1. The Hall–Kier alpha value is -1.28. The van der Waals surface area contributed by atoms with Crippen molar-refractivity contribution in [3.63, 3.8) is 0 Å². The summed E-state index contributed by atoms with van der Waals surface area (Å²) in [6, 6.07) is 6.23. The second kappa shape index (κ2) is 5.56. The summed E-state index contributed by atoms with van der Waals surface area (Å²) in [5.74, 6) is 0. The number of anilines is 1. The molecule has 0 aliphatic heterocycles. The Balaban J connectivity index is 3.06. The summed E-state index contributed by atoms with van der Waals surface area (Å²) in [5.41, 5.74) is 9.02. The largest absolute Gasteiger partial charge is 0.372 e. The third kappa shape index (κ3) is 2.60. The Bertz CT molecular complexity index is 327. The third-order valence-corrected chi connectivity index (χ3v) is 2.65. The Morgan fingerprint density at radius 3 is 2.47 bits per heavy atom. The Kier molecular flexibility index (Phi) is 4.37. The van der Waals surface area contributed by atoms with Gasteiger partial charge in [0.05, 0.1) is 0 Å². The van der Waals surface area contributed by atoms with Crippen molar-refractivity contribution in [3.8, 4) is 0 Å². The van der Waals surface area contributed by atoms with E-state index in [0.717, 1.165) is 24.2 Å². The molecule has 0 spiro atoms. The first-order valence-corrected chi connectivity index (χ1v) is 5.39. The fourth-order valence-electron chi connectivity index (χ4n) is 1.72. The highest BCUT2D eigenvalue weighted by molar-refractivity contribution is 5.59. The van der Waals surface area contributed by atoms with Crippen LogP contribution in [0.15, 0.2) is 18.2 Å². The van der Waals surface area contributed by atoms with Crippen LogP contribution in [0.3, 0.4) is 0 Å². The van der Waals surface area contributed by atoms with Crippen LogP contribution < -0.4 is 10.6 Å². The molecule has 0 amide bonds. The lowest BCUT2D eigenvalue weighted by atomic mass is 10.1. The van der Waals surface area contributed by atoms with E-state index in [-0.39, 0.29) is 0 Å². The van der Waals surface area contributed by atoms with Gasteiger partial charge in [-0.2, -0.15) is 0 Å². The van der Waals surface area contributed by atoms with E-state index >= 15 is 0 Å². The van der Waals surface area contributed by atoms with E-state index < -0.39 is 0 Å². The molecule has 0 aromatic heterocycles. The van der Waals surface area contributed by atoms with Gasteiger partial charge in [-0.3, -0.25) is 0 Å². The molecule has 0 bridgehead atoms. The van der Waals surface area contributed by atoms with Crippen LogP contribution >= 0.6 is 0 Å². The van der Waals surface area contributed by atoms with Gasteiger partial charge in [-0.15, -0.1) is 0 Å². The van der Waals surface area contributed by atoms with Crippen LogP contribution in [0.4, 0.5) is 5.69 Å². The maximum absolute atomic E-state index is 5.68. The molecule has 0 aliphatic rings. The average Bonchev–Trinajstić information content (AvgIpc) is 2.30. The van der Waals surface area contributed by atoms with E-state index in [2.05, 4.69) is 30.9 Å². The van der Waals surface area contributed by atoms with E-state index in [1.54, 1.807) is 6.08 Å². The van der Waals surface area contributed by atoms with E-state index in [0.29, 0.717) is 6.54 Å². The van der Waals surface area contributed by atoms with Gasteiger partial charge in [-0.1, -0.05) is 18.7 Å². The molecular weight excluding hydrogens is 184 g/mol. The van der Waals surface area contributed by atoms with Crippen LogP contribution in [0.2, 0.25) is 0 Å². The standard InChI is InChI=1S/C13H19N2/c1-4-11-7-8-13(9-12(11)10-14)15(5-2)6-3/h1,4,7-9H,5-6,10,14H2,2-3H3. The first-order chi connectivity index (χ1) is 7.26. The lowest BCUT2D eigenvalue weighted by molar-refractivity contribution is 0.864. The predicted octanol–water partition coefficient (Wildman–Crippen LogP) is 2.44. The second-order valence-corrected chi connectivity index (χ2v) is 3.43. The minimum Gasteiger partial charge on any atom is -0.372 e. The van der Waals surface area contributed by atoms with Gasteiger partial charge in [0.15, 0.2) is 0 Å². The molecule has 0 unspecified atom stereocenters. The summed E-state index contributed by atoms with van der Waals surface area (Å²) in [6.07, 6.45) is 1.61. The molecule has 1 aromatic carbocycles. The van der Waals surface area contributed by atoms with Crippen molar-refractivity contribution >= 4 is 11.8 Å². The molecule has 0 aliphatic carbocycles. The van der Waals surface area contributed by atoms with Crippen molar-refractivity contribution in [1.29, 1.82) is 0 Å². The molecule has 15 heavy (non-hydrogen) atoms. The summed E-state index contributed by atoms with van der Waals surface area (Å²) in [5, 5.41) is 0. The van der Waals surface area contributed by atoms with Gasteiger partial charge in [-0.05, 0) is 37.1 Å². The molecule has 0 heterocycles. The number of nitrogens with two attached hydrogens (primary N) is 1. The molecule has 1 rings (SSSR count). The van der Waals surface area contributed by atoms with Gasteiger partial charge in [0.25, 0.3) is 0 Å². The second-order valence-electron chi connectivity index (χ2n) is 3.43. The smallest absolute Gasteiger partial charge is 0.0369 e. The van der Waals surface area contributed by atoms with Gasteiger partial charge < -0.3 is 10.6 Å². The van der Waals surface area contributed by atoms with E-state index in [9.17, 15) is 0 Å². The molecule has 1 aromatic rings. The maximum Gasteiger partial charge on any atom is 0.0369 e. The van der Waals surface area contributed by atoms with Crippen molar-refractivity contribution in [1.82, 2.24) is 0 Å². The van der Waals surface area contributed by atoms with Gasteiger partial charge >= 0.3 is 0 Å². The first-order valence-electron chi connectivity index (χ1n) is 5.39. The molecule has 2 heteroatoms. The third-order valence-electron chi connectivity index (χ3n) is 2.65. The van der Waals surface area contributed by atoms with Crippen LogP contribution in [0.25, 0.3) is 6.08 Å². The SMILES string of the molecule is [CH]=Cc1ccc(N(CC)CC)cc1CN. The Morgan fingerprint density at radius 2 is 2.00 bits per heavy atom. The van der Waals surface area contributed by atoms with Crippen LogP contribution in [-0.4, -0.2) is 13.1 Å². The van der Waals surface area contributed by atoms with E-state index in [4.69, 9.17) is 12.3 Å². The normalized spacial score (nSPS) is 10.1. The van der Waals surface area contributed by atoms with Gasteiger partial charge in [0.2, 0.25) is 0 Å². The molecular formula is C13H19N2. The van der Waals surface area contributed by atoms with Gasteiger partial charge in [0, 0.05) is 25.3 Å². The molecule has 0 saturated carbocycles. The zero-order valence-corrected chi connectivity index (χ0v) is 9.53. The van der Waals surface area contributed by atoms with Crippen molar-refractivity contribution in [2.24, 2.45) is 5.73 Å². The average molecular weight is 203 g/mol. The fraction of sp³-hybridized carbons (Fsp3) is 0.385. The number of hydrogen-bond donors (Lipinski definition) is 1. The molecule has 0 atom stereocenters. The minimum absolute atomic E-state index is 0.526. The topological polar surface area (TPSA) is 29.3 Å². The number of rotatable bonds is 5. The summed E-state index contributed by atoms with van der Waals surface area (Å²) in [6.45, 7) is 12.4. The molecule has 81 valence electrons. The van der Waals surface area contributed by atoms with Crippen molar-refractivity contribution in [2.45, 2.75) is 20.4 Å². The molecule has 1 radical (unpaired) electrons. The number of benzene rings is 1. The van der Waals surface area contributed by atoms with Crippen molar-refractivity contribution < 1.29 is 0 Å². The highest BCUT2D eigenvalue weighted by Gasteiger charge is 2.04. The van der Waals surface area contributed by atoms with Crippen LogP contribution in [-0.2, 0) is 6.54 Å². The van der Waals surface area contributed by atoms with E-state index in [1.807, 2.05) is 6.07 Å². The summed E-state index contributed by atoms with van der Waals surface area (Å²) >= 11 is 0. The zero-order chi connectivity index (χ0) is 11.3. The van der Waals surface area contributed by atoms with Gasteiger partial charge in [-0.25, -0.2) is 0 Å². The summed E-state index contributed by atoms with van der Waals surface area (Å²) in [4.78, 5) is 2.29. The quantitative estimate of drug-likeness (QED) is 0.796. The van der Waals surface area contributed by atoms with E-state index in [1.165, 1.54) is 5.69 Å². The minimum atomic E-state index is 0.526. The highest BCUT2D eigenvalue weighted by atomic mass is 15.1. The lowest BCUT2D eigenvalue weighted by Crippen LogP contribution is -2.22. The molecule has 2 nitrogen and oxygen atoms in total. The van der Waals surface area contributed by atoms with Crippen LogP contribution in [0.5, 0.6) is 0 Å². The Labute approximate surface area is 92.4 Å². The van der Waals surface area contributed by atoms with Gasteiger partial charge in [0.1, 0.15) is 0 Å². The van der Waals surface area contributed by atoms with Crippen molar-refractivity contribution in [3.05, 3.63) is 35.9 Å². The van der Waals surface area contributed by atoms with Crippen LogP contribution in [0.1, 0.15) is 25.0 Å².